The molecule has 2 aromatic rings. The Bertz CT molecular complexity index is 1050. The van der Waals surface area contributed by atoms with E-state index in [2.05, 4.69) is 0 Å². The maximum atomic E-state index is 12.7. The third-order valence-electron chi connectivity index (χ3n) is 5.04. The lowest BCUT2D eigenvalue weighted by molar-refractivity contribution is 0.0725. The van der Waals surface area contributed by atoms with Crippen molar-refractivity contribution in [1.82, 2.24) is 9.21 Å². The lowest BCUT2D eigenvalue weighted by Crippen LogP contribution is -2.42. The second-order valence-corrected chi connectivity index (χ2v) is 11.6. The number of carbonyl (C=O) groups excluding carboxylic acids is 1. The highest BCUT2D eigenvalue weighted by Crippen LogP contribution is 2.23. The van der Waals surface area contributed by atoms with Gasteiger partial charge in [0.25, 0.3) is 5.91 Å². The molecule has 10 heteroatoms. The number of benzene rings is 1. The molecule has 1 amide bonds. The monoisotopic (exact) mass is 440 g/mol. The zero-order valence-electron chi connectivity index (χ0n) is 16.3. The Hall–Kier alpha value is -2.17. The van der Waals surface area contributed by atoms with Crippen LogP contribution in [0.15, 0.2) is 52.0 Å². The second kappa shape index (κ2) is 8.29. The molecule has 1 aromatic heterocycles. The van der Waals surface area contributed by atoms with Crippen LogP contribution in [-0.2, 0) is 25.6 Å². The molecule has 0 N–H and O–H groups in total. The minimum absolute atomic E-state index is 0.113. The highest BCUT2D eigenvalue weighted by Gasteiger charge is 2.32. The predicted molar refractivity (Wildman–Crippen MR) is 108 cm³/mol. The molecule has 1 aromatic carbocycles. The maximum absolute atomic E-state index is 12.7. The average molecular weight is 441 g/mol. The van der Waals surface area contributed by atoms with Crippen LogP contribution in [0.25, 0.3) is 0 Å². The van der Waals surface area contributed by atoms with Crippen molar-refractivity contribution in [2.24, 2.45) is 0 Å². The van der Waals surface area contributed by atoms with Crippen LogP contribution in [0.4, 0.5) is 0 Å². The molecule has 1 aliphatic rings. The molecule has 1 saturated heterocycles. The van der Waals surface area contributed by atoms with E-state index < -0.39 is 25.1 Å². The van der Waals surface area contributed by atoms with E-state index in [4.69, 9.17) is 4.42 Å². The van der Waals surface area contributed by atoms with Crippen molar-refractivity contribution >= 4 is 25.8 Å². The van der Waals surface area contributed by atoms with Crippen molar-refractivity contribution in [3.63, 3.8) is 0 Å². The Morgan fingerprint density at radius 1 is 1.07 bits per heavy atom. The minimum Gasteiger partial charge on any atom is -0.468 e. The van der Waals surface area contributed by atoms with Gasteiger partial charge in [0.05, 0.1) is 16.4 Å². The fourth-order valence-electron chi connectivity index (χ4n) is 3.29. The Morgan fingerprint density at radius 2 is 1.69 bits per heavy atom. The normalized spacial score (nSPS) is 16.3. The molecule has 0 atom stereocenters. The van der Waals surface area contributed by atoms with E-state index in [1.165, 1.54) is 44.6 Å². The first-order valence-corrected chi connectivity index (χ1v) is 12.3. The van der Waals surface area contributed by atoms with Gasteiger partial charge in [-0.2, -0.15) is 0 Å². The number of amides is 1. The maximum Gasteiger partial charge on any atom is 0.253 e. The van der Waals surface area contributed by atoms with Crippen molar-refractivity contribution in [2.75, 3.05) is 27.2 Å². The summed E-state index contributed by atoms with van der Waals surface area (Å²) in [5.41, 5.74) is 0.375. The molecular weight excluding hydrogens is 416 g/mol. The number of carbonyl (C=O) groups is 1. The molecule has 1 fully saturated rings. The molecule has 1 aliphatic heterocycles. The average Bonchev–Trinajstić information content (AvgIpc) is 3.20. The van der Waals surface area contributed by atoms with Gasteiger partial charge in [-0.05, 0) is 49.2 Å². The van der Waals surface area contributed by atoms with E-state index in [1.54, 1.807) is 17.0 Å². The zero-order valence-corrected chi connectivity index (χ0v) is 17.9. The topological polar surface area (TPSA) is 105 Å². The largest absolute Gasteiger partial charge is 0.468 e. The first-order valence-electron chi connectivity index (χ1n) is 9.17. The molecule has 0 radical (unpaired) electrons. The van der Waals surface area contributed by atoms with Crippen LogP contribution in [0, 0.1) is 0 Å². The van der Waals surface area contributed by atoms with Gasteiger partial charge in [-0.15, -0.1) is 0 Å². The molecule has 8 nitrogen and oxygen atoms in total. The van der Waals surface area contributed by atoms with Crippen LogP contribution in [-0.4, -0.2) is 64.4 Å². The summed E-state index contributed by atoms with van der Waals surface area (Å²) < 4.78 is 55.6. The van der Waals surface area contributed by atoms with Crippen molar-refractivity contribution in [1.29, 1.82) is 0 Å². The van der Waals surface area contributed by atoms with Gasteiger partial charge in [0.1, 0.15) is 11.5 Å². The number of sulfonamides is 1. The number of sulfone groups is 1. The number of furan rings is 1. The SMILES string of the molecule is CN(C)S(=O)(=O)c1ccc(C(=O)N2CCC(S(=O)(=O)Cc3ccco3)CC2)cc1. The van der Waals surface area contributed by atoms with Crippen LogP contribution in [0.2, 0.25) is 0 Å². The van der Waals surface area contributed by atoms with Gasteiger partial charge in [0, 0.05) is 32.7 Å². The van der Waals surface area contributed by atoms with Crippen LogP contribution in [0.5, 0.6) is 0 Å². The summed E-state index contributed by atoms with van der Waals surface area (Å²) in [7, 11) is -4.02. The number of piperidine rings is 1. The molecule has 29 heavy (non-hydrogen) atoms. The number of nitrogens with zero attached hydrogens (tertiary/aromatic N) is 2. The van der Waals surface area contributed by atoms with Crippen molar-refractivity contribution in [3.05, 3.63) is 54.0 Å². The predicted octanol–water partition coefficient (Wildman–Crippen LogP) is 1.75. The van der Waals surface area contributed by atoms with Crippen molar-refractivity contribution in [2.45, 2.75) is 28.7 Å². The Kier molecular flexibility index (Phi) is 6.16. The van der Waals surface area contributed by atoms with Gasteiger partial charge < -0.3 is 9.32 Å². The van der Waals surface area contributed by atoms with Crippen LogP contribution in [0.1, 0.15) is 29.0 Å². The van der Waals surface area contributed by atoms with Gasteiger partial charge in [0.15, 0.2) is 9.84 Å². The van der Waals surface area contributed by atoms with E-state index in [1.807, 2.05) is 0 Å². The summed E-state index contributed by atoms with van der Waals surface area (Å²) in [6.07, 6.45) is 2.17. The summed E-state index contributed by atoms with van der Waals surface area (Å²) in [6.45, 7) is 0.664. The quantitative estimate of drug-likeness (QED) is 0.678. The van der Waals surface area contributed by atoms with Gasteiger partial charge in [-0.1, -0.05) is 0 Å². The number of likely N-dealkylation sites (tertiary alicyclic amines) is 1. The Morgan fingerprint density at radius 3 is 2.21 bits per heavy atom. The Labute approximate surface area is 171 Å². The van der Waals surface area contributed by atoms with Gasteiger partial charge >= 0.3 is 0 Å². The zero-order chi connectivity index (χ0) is 21.2. The van der Waals surface area contributed by atoms with Crippen LogP contribution in [0.3, 0.4) is 0 Å². The molecule has 0 bridgehead atoms. The van der Waals surface area contributed by atoms with Crippen LogP contribution >= 0.6 is 0 Å². The number of rotatable bonds is 6. The van der Waals surface area contributed by atoms with Gasteiger partial charge in [-0.3, -0.25) is 4.79 Å². The second-order valence-electron chi connectivity index (χ2n) is 7.19. The minimum atomic E-state index is -3.56. The van der Waals surface area contributed by atoms with Crippen LogP contribution < -0.4 is 0 Å². The van der Waals surface area contributed by atoms with E-state index >= 15 is 0 Å². The Balaban J connectivity index is 1.63. The smallest absolute Gasteiger partial charge is 0.253 e. The summed E-state index contributed by atoms with van der Waals surface area (Å²) in [5, 5.41) is -0.510. The first-order chi connectivity index (χ1) is 13.6. The van der Waals surface area contributed by atoms with Gasteiger partial charge in [0.2, 0.25) is 10.0 Å². The lowest BCUT2D eigenvalue weighted by atomic mass is 10.1. The molecule has 3 rings (SSSR count). The summed E-state index contributed by atoms with van der Waals surface area (Å²) in [6, 6.07) is 9.07. The highest BCUT2D eigenvalue weighted by molar-refractivity contribution is 7.91. The van der Waals surface area contributed by atoms with Crippen molar-refractivity contribution < 1.29 is 26.0 Å². The van der Waals surface area contributed by atoms with Crippen molar-refractivity contribution in [3.8, 4) is 0 Å². The first kappa shape index (κ1) is 21.5. The fourth-order valence-corrected chi connectivity index (χ4v) is 5.92. The standard InChI is InChI=1S/C19H24N2O6S2/c1-20(2)29(25,26)18-7-5-15(6-8-18)19(22)21-11-9-17(10-12-21)28(23,24)14-16-4-3-13-27-16/h3-8,13,17H,9-12,14H2,1-2H3. The molecule has 0 aliphatic carbocycles. The molecule has 158 valence electrons. The van der Waals surface area contributed by atoms with E-state index in [0.29, 0.717) is 37.3 Å². The van der Waals surface area contributed by atoms with Gasteiger partial charge in [-0.25, -0.2) is 21.1 Å². The summed E-state index contributed by atoms with van der Waals surface area (Å²) in [5.74, 6) is 0.0393. The molecule has 2 heterocycles. The highest BCUT2D eigenvalue weighted by atomic mass is 32.2. The third-order valence-corrected chi connectivity index (χ3v) is 9.04. The molecule has 0 unspecified atom stereocenters. The summed E-state index contributed by atoms with van der Waals surface area (Å²) in [4.78, 5) is 14.4. The number of hydrogen-bond acceptors (Lipinski definition) is 6. The molecule has 0 spiro atoms. The fraction of sp³-hybridized carbons (Fsp3) is 0.421. The third kappa shape index (κ3) is 4.71. The van der Waals surface area contributed by atoms with E-state index in [-0.39, 0.29) is 16.6 Å². The van der Waals surface area contributed by atoms with E-state index in [0.717, 1.165) is 4.31 Å². The molecule has 0 saturated carbocycles. The van der Waals surface area contributed by atoms with E-state index in [9.17, 15) is 21.6 Å². The lowest BCUT2D eigenvalue weighted by Gasteiger charge is -2.31. The summed E-state index contributed by atoms with van der Waals surface area (Å²) >= 11 is 0. The molecular formula is C19H24N2O6S2. The number of hydrogen-bond donors (Lipinski definition) is 0.